The first kappa shape index (κ1) is 16.5. The summed E-state index contributed by atoms with van der Waals surface area (Å²) in [5.41, 5.74) is 1.11. The standard InChI is InChI=1S/C16H25NO3/c1-4-5-14(18)11-17-16(19)10-12(2)13-6-8-15(20-3)9-7-13/h6-9,12,14,18H,4-5,10-11H2,1-3H3,(H,17,19). The molecule has 1 rings (SSSR count). The van der Waals surface area contributed by atoms with Crippen molar-refractivity contribution in [1.82, 2.24) is 5.32 Å². The fraction of sp³-hybridized carbons (Fsp3) is 0.562. The Morgan fingerprint density at radius 1 is 1.35 bits per heavy atom. The number of hydrogen-bond acceptors (Lipinski definition) is 3. The van der Waals surface area contributed by atoms with E-state index < -0.39 is 6.10 Å². The molecule has 2 N–H and O–H groups in total. The van der Waals surface area contributed by atoms with Gasteiger partial charge in [0.2, 0.25) is 5.91 Å². The second-order valence-corrected chi connectivity index (χ2v) is 5.12. The Hall–Kier alpha value is -1.55. The summed E-state index contributed by atoms with van der Waals surface area (Å²) in [4.78, 5) is 11.8. The van der Waals surface area contributed by atoms with E-state index in [0.29, 0.717) is 19.4 Å². The summed E-state index contributed by atoms with van der Waals surface area (Å²) in [6, 6.07) is 7.74. The second-order valence-electron chi connectivity index (χ2n) is 5.12. The number of nitrogens with one attached hydrogen (secondary N) is 1. The summed E-state index contributed by atoms with van der Waals surface area (Å²) in [6.45, 7) is 4.36. The van der Waals surface area contributed by atoms with Crippen LogP contribution in [0.2, 0.25) is 0 Å². The van der Waals surface area contributed by atoms with E-state index in [1.165, 1.54) is 0 Å². The van der Waals surface area contributed by atoms with Crippen molar-refractivity contribution in [2.24, 2.45) is 0 Å². The van der Waals surface area contributed by atoms with E-state index >= 15 is 0 Å². The minimum atomic E-state index is -0.444. The molecule has 1 aromatic carbocycles. The smallest absolute Gasteiger partial charge is 0.220 e. The van der Waals surface area contributed by atoms with Crippen molar-refractivity contribution in [3.63, 3.8) is 0 Å². The molecule has 0 spiro atoms. The largest absolute Gasteiger partial charge is 0.497 e. The van der Waals surface area contributed by atoms with E-state index in [2.05, 4.69) is 5.32 Å². The average molecular weight is 279 g/mol. The lowest BCUT2D eigenvalue weighted by Crippen LogP contribution is -2.32. The summed E-state index contributed by atoms with van der Waals surface area (Å²) in [5.74, 6) is 0.931. The van der Waals surface area contributed by atoms with E-state index in [1.54, 1.807) is 7.11 Å². The third kappa shape index (κ3) is 5.61. The van der Waals surface area contributed by atoms with Crippen LogP contribution < -0.4 is 10.1 Å². The summed E-state index contributed by atoms with van der Waals surface area (Å²) in [5, 5.41) is 12.4. The SMILES string of the molecule is CCCC(O)CNC(=O)CC(C)c1ccc(OC)cc1. The molecule has 0 aliphatic heterocycles. The fourth-order valence-corrected chi connectivity index (χ4v) is 2.07. The topological polar surface area (TPSA) is 58.6 Å². The van der Waals surface area contributed by atoms with Crippen LogP contribution in [0, 0.1) is 0 Å². The number of rotatable bonds is 8. The molecule has 0 fully saturated rings. The molecule has 112 valence electrons. The van der Waals surface area contributed by atoms with Crippen molar-refractivity contribution in [3.05, 3.63) is 29.8 Å². The quantitative estimate of drug-likeness (QED) is 0.768. The monoisotopic (exact) mass is 279 g/mol. The first-order valence-corrected chi connectivity index (χ1v) is 7.15. The van der Waals surface area contributed by atoms with Gasteiger partial charge in [0, 0.05) is 13.0 Å². The zero-order valence-electron chi connectivity index (χ0n) is 12.6. The highest BCUT2D eigenvalue weighted by Gasteiger charge is 2.12. The highest BCUT2D eigenvalue weighted by molar-refractivity contribution is 5.76. The van der Waals surface area contributed by atoms with E-state index in [-0.39, 0.29) is 11.8 Å². The molecule has 1 aromatic rings. The van der Waals surface area contributed by atoms with Gasteiger partial charge in [-0.1, -0.05) is 32.4 Å². The van der Waals surface area contributed by atoms with Crippen LogP contribution in [-0.2, 0) is 4.79 Å². The van der Waals surface area contributed by atoms with Crippen molar-refractivity contribution in [1.29, 1.82) is 0 Å². The van der Waals surface area contributed by atoms with Gasteiger partial charge in [0.15, 0.2) is 0 Å². The Labute approximate surface area is 121 Å². The van der Waals surface area contributed by atoms with Gasteiger partial charge < -0.3 is 15.2 Å². The number of ether oxygens (including phenoxy) is 1. The lowest BCUT2D eigenvalue weighted by molar-refractivity contribution is -0.121. The van der Waals surface area contributed by atoms with Crippen LogP contribution in [0.5, 0.6) is 5.75 Å². The molecule has 0 heterocycles. The highest BCUT2D eigenvalue weighted by atomic mass is 16.5. The molecule has 1 amide bonds. The van der Waals surface area contributed by atoms with Crippen molar-refractivity contribution in [2.75, 3.05) is 13.7 Å². The number of carbonyl (C=O) groups is 1. The number of carbonyl (C=O) groups excluding carboxylic acids is 1. The molecule has 2 unspecified atom stereocenters. The Kier molecular flexibility index (Phi) is 7.09. The number of aliphatic hydroxyl groups is 1. The van der Waals surface area contributed by atoms with Crippen LogP contribution in [0.4, 0.5) is 0 Å². The molecular formula is C16H25NO3. The fourth-order valence-electron chi connectivity index (χ4n) is 2.07. The first-order valence-electron chi connectivity index (χ1n) is 7.15. The molecule has 2 atom stereocenters. The van der Waals surface area contributed by atoms with Gasteiger partial charge in [-0.2, -0.15) is 0 Å². The maximum Gasteiger partial charge on any atom is 0.220 e. The number of aliphatic hydroxyl groups excluding tert-OH is 1. The maximum absolute atomic E-state index is 11.8. The van der Waals surface area contributed by atoms with Crippen LogP contribution in [0.1, 0.15) is 44.6 Å². The third-order valence-corrected chi connectivity index (χ3v) is 3.33. The third-order valence-electron chi connectivity index (χ3n) is 3.33. The number of methoxy groups -OCH3 is 1. The minimum Gasteiger partial charge on any atom is -0.497 e. The van der Waals surface area contributed by atoms with E-state index in [4.69, 9.17) is 4.74 Å². The normalized spacial score (nSPS) is 13.6. The van der Waals surface area contributed by atoms with Crippen LogP contribution in [0.15, 0.2) is 24.3 Å². The molecule has 0 aliphatic carbocycles. The lowest BCUT2D eigenvalue weighted by atomic mass is 9.97. The van der Waals surface area contributed by atoms with Gasteiger partial charge in [-0.3, -0.25) is 4.79 Å². The average Bonchev–Trinajstić information content (AvgIpc) is 2.45. The summed E-state index contributed by atoms with van der Waals surface area (Å²) < 4.78 is 5.11. The summed E-state index contributed by atoms with van der Waals surface area (Å²) >= 11 is 0. The Bertz CT molecular complexity index is 403. The van der Waals surface area contributed by atoms with Gasteiger partial charge in [0.05, 0.1) is 13.2 Å². The number of amides is 1. The second kappa shape index (κ2) is 8.59. The predicted octanol–water partition coefficient (Wildman–Crippen LogP) is 2.47. The van der Waals surface area contributed by atoms with Crippen LogP contribution in [0.3, 0.4) is 0 Å². The van der Waals surface area contributed by atoms with E-state index in [1.807, 2.05) is 38.1 Å². The predicted molar refractivity (Wildman–Crippen MR) is 80.0 cm³/mol. The summed E-state index contributed by atoms with van der Waals surface area (Å²) in [7, 11) is 1.63. The van der Waals surface area contributed by atoms with Crippen LogP contribution >= 0.6 is 0 Å². The number of hydrogen-bond donors (Lipinski definition) is 2. The van der Waals surface area contributed by atoms with Gasteiger partial charge in [0.1, 0.15) is 5.75 Å². The van der Waals surface area contributed by atoms with Crippen molar-refractivity contribution >= 4 is 5.91 Å². The molecule has 4 heteroatoms. The molecule has 0 aromatic heterocycles. The molecule has 0 saturated heterocycles. The zero-order chi connectivity index (χ0) is 15.0. The van der Waals surface area contributed by atoms with Gasteiger partial charge in [0.25, 0.3) is 0 Å². The minimum absolute atomic E-state index is 0.0246. The molecule has 0 radical (unpaired) electrons. The van der Waals surface area contributed by atoms with Crippen LogP contribution in [0.25, 0.3) is 0 Å². The lowest BCUT2D eigenvalue weighted by Gasteiger charge is -2.14. The molecule has 0 saturated carbocycles. The number of benzene rings is 1. The van der Waals surface area contributed by atoms with Gasteiger partial charge in [-0.25, -0.2) is 0 Å². The molecule has 20 heavy (non-hydrogen) atoms. The van der Waals surface area contributed by atoms with Gasteiger partial charge in [-0.15, -0.1) is 0 Å². The van der Waals surface area contributed by atoms with Crippen molar-refractivity contribution in [2.45, 2.75) is 45.1 Å². The van der Waals surface area contributed by atoms with Gasteiger partial charge in [-0.05, 0) is 30.0 Å². The molecule has 0 bridgehead atoms. The van der Waals surface area contributed by atoms with E-state index in [0.717, 1.165) is 17.7 Å². The highest BCUT2D eigenvalue weighted by Crippen LogP contribution is 2.21. The van der Waals surface area contributed by atoms with Gasteiger partial charge >= 0.3 is 0 Å². The molecular weight excluding hydrogens is 254 g/mol. The summed E-state index contributed by atoms with van der Waals surface area (Å²) in [6.07, 6.45) is 1.61. The Morgan fingerprint density at radius 2 is 2.00 bits per heavy atom. The Balaban J connectivity index is 2.40. The first-order chi connectivity index (χ1) is 9.56. The maximum atomic E-state index is 11.8. The molecule has 4 nitrogen and oxygen atoms in total. The van der Waals surface area contributed by atoms with Crippen molar-refractivity contribution in [3.8, 4) is 5.75 Å². The van der Waals surface area contributed by atoms with E-state index in [9.17, 15) is 9.90 Å². The zero-order valence-corrected chi connectivity index (χ0v) is 12.6. The van der Waals surface area contributed by atoms with Crippen molar-refractivity contribution < 1.29 is 14.6 Å². The Morgan fingerprint density at radius 3 is 2.55 bits per heavy atom. The van der Waals surface area contributed by atoms with Crippen LogP contribution in [-0.4, -0.2) is 30.8 Å². The molecule has 0 aliphatic rings.